The zero-order chi connectivity index (χ0) is 19.9. The summed E-state index contributed by atoms with van der Waals surface area (Å²) in [4.78, 5) is 11.3. The van der Waals surface area contributed by atoms with Crippen LogP contribution in [0, 0.1) is 11.6 Å². The Morgan fingerprint density at radius 2 is 1.64 bits per heavy atom. The van der Waals surface area contributed by atoms with Gasteiger partial charge in [0, 0.05) is 24.7 Å². The minimum atomic E-state index is -0.588. The van der Waals surface area contributed by atoms with Crippen LogP contribution in [0.4, 0.5) is 8.78 Å². The second-order valence-electron chi connectivity index (χ2n) is 6.27. The van der Waals surface area contributed by atoms with E-state index in [0.29, 0.717) is 36.6 Å². The van der Waals surface area contributed by atoms with Gasteiger partial charge in [0.25, 0.3) is 0 Å². The summed E-state index contributed by atoms with van der Waals surface area (Å²) in [6.45, 7) is 1.29. The summed E-state index contributed by atoms with van der Waals surface area (Å²) in [5, 5.41) is 3.08. The molecule has 4 nitrogen and oxygen atoms in total. The lowest BCUT2D eigenvalue weighted by molar-refractivity contribution is 0.100. The van der Waals surface area contributed by atoms with Gasteiger partial charge in [0.15, 0.2) is 0 Å². The van der Waals surface area contributed by atoms with Crippen molar-refractivity contribution in [2.45, 2.75) is 6.54 Å². The van der Waals surface area contributed by atoms with Gasteiger partial charge in [0.05, 0.1) is 0 Å². The first-order valence-electron chi connectivity index (χ1n) is 8.80. The van der Waals surface area contributed by atoms with Crippen LogP contribution in [0.2, 0.25) is 0 Å². The van der Waals surface area contributed by atoms with Gasteiger partial charge >= 0.3 is 0 Å². The molecule has 3 aromatic rings. The van der Waals surface area contributed by atoms with E-state index in [1.54, 1.807) is 18.2 Å². The third-order valence-electron chi connectivity index (χ3n) is 4.13. The van der Waals surface area contributed by atoms with Crippen molar-refractivity contribution in [2.75, 3.05) is 13.2 Å². The van der Waals surface area contributed by atoms with E-state index >= 15 is 0 Å². The van der Waals surface area contributed by atoms with Crippen molar-refractivity contribution in [1.82, 2.24) is 5.32 Å². The Bertz CT molecular complexity index is 939. The Labute approximate surface area is 162 Å². The molecular weight excluding hydrogens is 362 g/mol. The van der Waals surface area contributed by atoms with Crippen LogP contribution < -0.4 is 15.8 Å². The van der Waals surface area contributed by atoms with E-state index in [4.69, 9.17) is 10.5 Å². The van der Waals surface area contributed by atoms with Crippen LogP contribution in [0.15, 0.2) is 66.7 Å². The molecule has 3 N–H and O–H groups in total. The molecule has 0 saturated carbocycles. The highest BCUT2D eigenvalue weighted by atomic mass is 19.1. The lowest BCUT2D eigenvalue weighted by Crippen LogP contribution is -2.20. The maximum Gasteiger partial charge on any atom is 0.248 e. The van der Waals surface area contributed by atoms with Gasteiger partial charge in [-0.15, -0.1) is 0 Å². The molecule has 144 valence electrons. The van der Waals surface area contributed by atoms with E-state index < -0.39 is 17.5 Å². The van der Waals surface area contributed by atoms with Crippen molar-refractivity contribution in [1.29, 1.82) is 0 Å². The number of carbonyl (C=O) groups is 1. The van der Waals surface area contributed by atoms with E-state index in [2.05, 4.69) is 5.32 Å². The number of ether oxygens (including phenoxy) is 1. The summed E-state index contributed by atoms with van der Waals surface area (Å²) in [5.41, 5.74) is 8.16. The van der Waals surface area contributed by atoms with Gasteiger partial charge in [-0.2, -0.15) is 0 Å². The van der Waals surface area contributed by atoms with Crippen molar-refractivity contribution in [2.24, 2.45) is 5.73 Å². The lowest BCUT2D eigenvalue weighted by atomic mass is 10.0. The molecule has 0 radical (unpaired) electrons. The smallest absolute Gasteiger partial charge is 0.248 e. The van der Waals surface area contributed by atoms with Crippen molar-refractivity contribution in [3.8, 4) is 16.9 Å². The third-order valence-corrected chi connectivity index (χ3v) is 4.13. The Balaban J connectivity index is 1.48. The average Bonchev–Trinajstić information content (AvgIpc) is 2.67. The average molecular weight is 382 g/mol. The number of primary amides is 1. The Morgan fingerprint density at radius 1 is 0.929 bits per heavy atom. The number of rotatable bonds is 8. The van der Waals surface area contributed by atoms with Gasteiger partial charge in [-0.3, -0.25) is 4.79 Å². The van der Waals surface area contributed by atoms with E-state index in [1.807, 2.05) is 30.3 Å². The highest BCUT2D eigenvalue weighted by Crippen LogP contribution is 2.23. The highest BCUT2D eigenvalue weighted by molar-refractivity contribution is 5.94. The van der Waals surface area contributed by atoms with Crippen LogP contribution in [0.3, 0.4) is 0 Å². The summed E-state index contributed by atoms with van der Waals surface area (Å²) in [6, 6.07) is 18.0. The van der Waals surface area contributed by atoms with Crippen LogP contribution >= 0.6 is 0 Å². The number of halogens is 2. The second-order valence-corrected chi connectivity index (χ2v) is 6.27. The molecule has 0 bridgehead atoms. The molecular formula is C22H20F2N2O2. The van der Waals surface area contributed by atoms with Gasteiger partial charge in [0.2, 0.25) is 5.91 Å². The quantitative estimate of drug-likeness (QED) is 0.581. The van der Waals surface area contributed by atoms with E-state index in [-0.39, 0.29) is 0 Å². The highest BCUT2D eigenvalue weighted by Gasteiger charge is 2.04. The van der Waals surface area contributed by atoms with Crippen molar-refractivity contribution >= 4 is 5.91 Å². The van der Waals surface area contributed by atoms with Gasteiger partial charge < -0.3 is 15.8 Å². The molecule has 0 aromatic heterocycles. The van der Waals surface area contributed by atoms with Crippen LogP contribution in [-0.2, 0) is 6.54 Å². The number of nitrogens with two attached hydrogens (primary N) is 1. The monoisotopic (exact) mass is 382 g/mol. The summed E-state index contributed by atoms with van der Waals surface area (Å²) in [6.07, 6.45) is 0. The van der Waals surface area contributed by atoms with Gasteiger partial charge in [-0.25, -0.2) is 8.78 Å². The molecule has 0 unspecified atom stereocenters. The predicted octanol–water partition coefficient (Wildman–Crippen LogP) is 3.90. The second kappa shape index (κ2) is 9.10. The molecule has 1 amide bonds. The number of carbonyl (C=O) groups excluding carboxylic acids is 1. The fraction of sp³-hybridized carbons (Fsp3) is 0.136. The largest absolute Gasteiger partial charge is 0.492 e. The van der Waals surface area contributed by atoms with Crippen LogP contribution in [0.5, 0.6) is 5.75 Å². The standard InChI is InChI=1S/C22H20F2N2O2/c23-19-10-15(11-20(24)13-19)14-26-8-9-28-21-6-4-16(5-7-21)17-2-1-3-18(12-17)22(25)27/h1-7,10-13,26H,8-9,14H2,(H2,25,27). The van der Waals surface area contributed by atoms with Gasteiger partial charge in [-0.1, -0.05) is 24.3 Å². The number of nitrogens with one attached hydrogen (secondary N) is 1. The van der Waals surface area contributed by atoms with E-state index in [1.165, 1.54) is 12.1 Å². The zero-order valence-corrected chi connectivity index (χ0v) is 15.1. The third kappa shape index (κ3) is 5.37. The first-order chi connectivity index (χ1) is 13.5. The number of hydrogen-bond acceptors (Lipinski definition) is 3. The maximum absolute atomic E-state index is 13.1. The summed E-state index contributed by atoms with van der Waals surface area (Å²) in [5.74, 6) is -0.937. The summed E-state index contributed by atoms with van der Waals surface area (Å²) >= 11 is 0. The molecule has 3 rings (SSSR count). The summed E-state index contributed by atoms with van der Waals surface area (Å²) < 4.78 is 31.9. The van der Waals surface area contributed by atoms with Crippen LogP contribution in [0.1, 0.15) is 15.9 Å². The fourth-order valence-corrected chi connectivity index (χ4v) is 2.78. The van der Waals surface area contributed by atoms with Crippen molar-refractivity contribution < 1.29 is 18.3 Å². The molecule has 3 aromatic carbocycles. The maximum atomic E-state index is 13.1. The Morgan fingerprint density at radius 3 is 2.32 bits per heavy atom. The first kappa shape index (κ1) is 19.5. The molecule has 0 atom stereocenters. The fourth-order valence-electron chi connectivity index (χ4n) is 2.78. The molecule has 0 heterocycles. The molecule has 0 fully saturated rings. The topological polar surface area (TPSA) is 64.4 Å². The van der Waals surface area contributed by atoms with E-state index in [0.717, 1.165) is 17.2 Å². The predicted molar refractivity (Wildman–Crippen MR) is 104 cm³/mol. The SMILES string of the molecule is NC(=O)c1cccc(-c2ccc(OCCNCc3cc(F)cc(F)c3)cc2)c1. The summed E-state index contributed by atoms with van der Waals surface area (Å²) in [7, 11) is 0. The van der Waals surface area contributed by atoms with Crippen molar-refractivity contribution in [3.63, 3.8) is 0 Å². The molecule has 0 spiro atoms. The van der Waals surface area contributed by atoms with E-state index in [9.17, 15) is 13.6 Å². The Hall–Kier alpha value is -3.25. The minimum Gasteiger partial charge on any atom is -0.492 e. The zero-order valence-electron chi connectivity index (χ0n) is 15.1. The molecule has 28 heavy (non-hydrogen) atoms. The number of hydrogen-bond donors (Lipinski definition) is 2. The Kier molecular flexibility index (Phi) is 6.34. The van der Waals surface area contributed by atoms with Gasteiger partial charge in [-0.05, 0) is 53.1 Å². The van der Waals surface area contributed by atoms with Crippen LogP contribution in [-0.4, -0.2) is 19.1 Å². The normalized spacial score (nSPS) is 10.6. The number of amides is 1. The molecule has 0 aliphatic rings. The molecule has 0 saturated heterocycles. The molecule has 0 aliphatic heterocycles. The minimum absolute atomic E-state index is 0.354. The first-order valence-corrected chi connectivity index (χ1v) is 8.80. The molecule has 0 aliphatic carbocycles. The van der Waals surface area contributed by atoms with Crippen molar-refractivity contribution in [3.05, 3.63) is 89.5 Å². The van der Waals surface area contributed by atoms with Gasteiger partial charge in [0.1, 0.15) is 24.0 Å². The van der Waals surface area contributed by atoms with Crippen LogP contribution in [0.25, 0.3) is 11.1 Å². The number of benzene rings is 3. The molecule has 6 heteroatoms. The lowest BCUT2D eigenvalue weighted by Gasteiger charge is -2.09.